The van der Waals surface area contributed by atoms with Crippen LogP contribution in [0.1, 0.15) is 6.92 Å². The minimum Gasteiger partial charge on any atom is -0.394 e. The van der Waals surface area contributed by atoms with Gasteiger partial charge >= 0.3 is 10.4 Å². The minimum atomic E-state index is -4.91. The average molecular weight is 463 g/mol. The predicted octanol–water partition coefficient (Wildman–Crippen LogP) is -5.43. The molecule has 0 saturated carbocycles. The lowest BCUT2D eigenvalue weighted by molar-refractivity contribution is -0.340. The number of aliphatic hydroxyl groups is 6. The molecule has 2 rings (SSSR count). The quantitative estimate of drug-likeness (QED) is 0.164. The third-order valence-electron chi connectivity index (χ3n) is 4.58. The summed E-state index contributed by atoms with van der Waals surface area (Å²) in [4.78, 5) is 11.5. The summed E-state index contributed by atoms with van der Waals surface area (Å²) in [6.45, 7) is -0.638. The van der Waals surface area contributed by atoms with Crippen molar-refractivity contribution in [1.82, 2.24) is 5.32 Å². The molecule has 0 unspecified atom stereocenters. The number of amides is 1. The molecule has 1 amide bonds. The van der Waals surface area contributed by atoms with Gasteiger partial charge in [0.05, 0.1) is 13.2 Å². The molecule has 15 nitrogen and oxygen atoms in total. The highest BCUT2D eigenvalue weighted by atomic mass is 32.3. The van der Waals surface area contributed by atoms with E-state index in [0.29, 0.717) is 0 Å². The molecule has 176 valence electrons. The first-order valence-corrected chi connectivity index (χ1v) is 10.1. The number of rotatable bonds is 7. The molecule has 30 heavy (non-hydrogen) atoms. The molecule has 0 aromatic heterocycles. The molecule has 0 aliphatic carbocycles. The average Bonchev–Trinajstić information content (AvgIpc) is 2.65. The Morgan fingerprint density at radius 1 is 1.00 bits per heavy atom. The normalized spacial score (nSPS) is 42.7. The number of ether oxygens (including phenoxy) is 3. The van der Waals surface area contributed by atoms with Gasteiger partial charge in [0.2, 0.25) is 5.91 Å². The Kier molecular flexibility index (Phi) is 8.47. The van der Waals surface area contributed by atoms with Crippen LogP contribution in [0, 0.1) is 0 Å². The summed E-state index contributed by atoms with van der Waals surface area (Å²) < 4.78 is 50.1. The first-order valence-electron chi connectivity index (χ1n) is 8.72. The van der Waals surface area contributed by atoms with E-state index in [0.717, 1.165) is 6.92 Å². The minimum absolute atomic E-state index is 0.675. The smallest absolute Gasteiger partial charge is 0.394 e. The van der Waals surface area contributed by atoms with E-state index in [1.54, 1.807) is 0 Å². The van der Waals surface area contributed by atoms with Gasteiger partial charge in [-0.3, -0.25) is 9.35 Å². The topological polar surface area (TPSA) is 242 Å². The Hall–Kier alpha value is -1.02. The second-order valence-corrected chi connectivity index (χ2v) is 7.88. The van der Waals surface area contributed by atoms with E-state index in [1.165, 1.54) is 0 Å². The van der Waals surface area contributed by atoms with Crippen LogP contribution >= 0.6 is 0 Å². The fourth-order valence-corrected chi connectivity index (χ4v) is 3.42. The van der Waals surface area contributed by atoms with Crippen LogP contribution in [0.15, 0.2) is 0 Å². The fraction of sp³-hybridized carbons (Fsp3) is 0.929. The number of carbonyl (C=O) groups is 1. The first kappa shape index (κ1) is 25.2. The highest BCUT2D eigenvalue weighted by Gasteiger charge is 2.51. The van der Waals surface area contributed by atoms with E-state index in [2.05, 4.69) is 9.50 Å². The van der Waals surface area contributed by atoms with Crippen molar-refractivity contribution in [2.24, 2.45) is 0 Å². The van der Waals surface area contributed by atoms with Gasteiger partial charge in [0, 0.05) is 6.92 Å². The maximum Gasteiger partial charge on any atom is 0.397 e. The zero-order chi connectivity index (χ0) is 22.8. The molecule has 0 bridgehead atoms. The third kappa shape index (κ3) is 6.02. The molecule has 2 saturated heterocycles. The van der Waals surface area contributed by atoms with Crippen molar-refractivity contribution < 1.29 is 66.8 Å². The van der Waals surface area contributed by atoms with Crippen molar-refractivity contribution in [3.8, 4) is 0 Å². The van der Waals surface area contributed by atoms with Gasteiger partial charge in [-0.2, -0.15) is 8.42 Å². The van der Waals surface area contributed by atoms with Crippen LogP contribution in [0.3, 0.4) is 0 Å². The number of nitrogens with one attached hydrogen (secondary N) is 1. The van der Waals surface area contributed by atoms with Gasteiger partial charge < -0.3 is 50.2 Å². The lowest BCUT2D eigenvalue weighted by Crippen LogP contribution is -2.67. The van der Waals surface area contributed by atoms with Gasteiger partial charge in [-0.15, -0.1) is 0 Å². The van der Waals surface area contributed by atoms with Crippen LogP contribution in [0.5, 0.6) is 0 Å². The molecular formula is C14H25NO14S. The van der Waals surface area contributed by atoms with E-state index in [-0.39, 0.29) is 0 Å². The van der Waals surface area contributed by atoms with Crippen molar-refractivity contribution in [3.05, 3.63) is 0 Å². The Bertz CT molecular complexity index is 688. The molecule has 2 aliphatic heterocycles. The molecule has 16 heteroatoms. The van der Waals surface area contributed by atoms with Crippen LogP contribution in [-0.2, 0) is 33.6 Å². The van der Waals surface area contributed by atoms with Gasteiger partial charge in [-0.25, -0.2) is 4.18 Å². The van der Waals surface area contributed by atoms with E-state index in [1.807, 2.05) is 0 Å². The molecule has 8 N–H and O–H groups in total. The monoisotopic (exact) mass is 463 g/mol. The van der Waals surface area contributed by atoms with Crippen molar-refractivity contribution in [2.45, 2.75) is 68.3 Å². The zero-order valence-corrected chi connectivity index (χ0v) is 16.4. The number of aliphatic hydroxyl groups excluding tert-OH is 6. The summed E-state index contributed by atoms with van der Waals surface area (Å²) in [5.41, 5.74) is 0. The summed E-state index contributed by atoms with van der Waals surface area (Å²) in [6.07, 6.45) is -15.2. The van der Waals surface area contributed by atoms with Crippen molar-refractivity contribution in [2.75, 3.05) is 13.2 Å². The predicted molar refractivity (Wildman–Crippen MR) is 90.6 cm³/mol. The van der Waals surface area contributed by atoms with E-state index < -0.39 is 90.9 Å². The first-order chi connectivity index (χ1) is 13.9. The molecule has 2 fully saturated rings. The summed E-state index contributed by atoms with van der Waals surface area (Å²) >= 11 is 0. The molecule has 0 radical (unpaired) electrons. The number of carbonyl (C=O) groups excluding carboxylic acids is 1. The Balaban J connectivity index is 2.25. The van der Waals surface area contributed by atoms with Gasteiger partial charge in [-0.1, -0.05) is 0 Å². The standard InChI is InChI=1S/C14H25NO14S/c1-4(17)15-7-9(19)8(18)6(3-26-30(23,24)25)28-14(7)29-12-5(2-16)27-13(22)11(21)10(12)20/h5-14,16,18-22H,2-3H2,1H3,(H,15,17)(H,23,24,25)/t5-,6-,7-,8-,9-,10-,11-,12-,13+,14+/m1/s1. The zero-order valence-electron chi connectivity index (χ0n) is 15.6. The van der Waals surface area contributed by atoms with E-state index >= 15 is 0 Å². The summed E-state index contributed by atoms with van der Waals surface area (Å²) in [5, 5.41) is 61.7. The molecule has 0 spiro atoms. The number of hydrogen-bond donors (Lipinski definition) is 8. The largest absolute Gasteiger partial charge is 0.397 e. The SMILES string of the molecule is CC(=O)N[C@H]1[C@H](O[C@H]2[C@H](O)[C@@H](O)[C@@H](O)O[C@@H]2CO)O[C@H](COS(=O)(=O)O)[C@@H](O)[C@@H]1O. The molecule has 2 aliphatic rings. The van der Waals surface area contributed by atoms with Crippen LogP contribution in [0.2, 0.25) is 0 Å². The Morgan fingerprint density at radius 2 is 1.63 bits per heavy atom. The molecular weight excluding hydrogens is 438 g/mol. The van der Waals surface area contributed by atoms with Crippen molar-refractivity contribution in [3.63, 3.8) is 0 Å². The van der Waals surface area contributed by atoms with Crippen LogP contribution < -0.4 is 5.32 Å². The fourth-order valence-electron chi connectivity index (χ4n) is 3.12. The van der Waals surface area contributed by atoms with Crippen LogP contribution in [0.4, 0.5) is 0 Å². The second-order valence-electron chi connectivity index (χ2n) is 6.79. The van der Waals surface area contributed by atoms with E-state index in [4.69, 9.17) is 18.8 Å². The van der Waals surface area contributed by atoms with Crippen molar-refractivity contribution in [1.29, 1.82) is 0 Å². The highest BCUT2D eigenvalue weighted by molar-refractivity contribution is 7.80. The highest BCUT2D eigenvalue weighted by Crippen LogP contribution is 2.29. The van der Waals surface area contributed by atoms with Gasteiger partial charge in [0.1, 0.15) is 48.8 Å². The van der Waals surface area contributed by atoms with Crippen LogP contribution in [0.25, 0.3) is 0 Å². The molecule has 2 heterocycles. The van der Waals surface area contributed by atoms with Crippen LogP contribution in [-0.4, -0.2) is 124 Å². The maximum atomic E-state index is 11.5. The Labute approximate surface area is 170 Å². The number of hydrogen-bond acceptors (Lipinski definition) is 13. The summed E-state index contributed by atoms with van der Waals surface area (Å²) in [7, 11) is -4.91. The van der Waals surface area contributed by atoms with E-state index in [9.17, 15) is 43.9 Å². The van der Waals surface area contributed by atoms with Gasteiger partial charge in [0.15, 0.2) is 12.6 Å². The van der Waals surface area contributed by atoms with Gasteiger partial charge in [0.25, 0.3) is 0 Å². The second kappa shape index (κ2) is 10.1. The Morgan fingerprint density at radius 3 is 2.17 bits per heavy atom. The maximum absolute atomic E-state index is 11.5. The lowest BCUT2D eigenvalue weighted by Gasteiger charge is -2.46. The molecule has 0 aromatic carbocycles. The molecule has 0 aromatic rings. The summed E-state index contributed by atoms with van der Waals surface area (Å²) in [6, 6.07) is -1.45. The van der Waals surface area contributed by atoms with Crippen molar-refractivity contribution >= 4 is 16.3 Å². The summed E-state index contributed by atoms with van der Waals surface area (Å²) in [5.74, 6) is -0.675. The molecule has 10 atom stereocenters. The third-order valence-corrected chi connectivity index (χ3v) is 5.02. The van der Waals surface area contributed by atoms with Gasteiger partial charge in [-0.05, 0) is 0 Å². The lowest BCUT2D eigenvalue weighted by atomic mass is 9.95.